The highest BCUT2D eigenvalue weighted by molar-refractivity contribution is 7.13. The van der Waals surface area contributed by atoms with Gasteiger partial charge in [-0.05, 0) is 13.8 Å². The minimum Gasteiger partial charge on any atom is -0.339 e. The molecule has 1 aliphatic rings. The summed E-state index contributed by atoms with van der Waals surface area (Å²) in [5.74, 6) is 0.771. The number of hydrogen-bond donors (Lipinski definition) is 2. The summed E-state index contributed by atoms with van der Waals surface area (Å²) in [5.41, 5.74) is 0.787. The number of piperazine rings is 1. The van der Waals surface area contributed by atoms with Gasteiger partial charge in [-0.25, -0.2) is 9.97 Å². The summed E-state index contributed by atoms with van der Waals surface area (Å²) in [7, 11) is 0. The van der Waals surface area contributed by atoms with Gasteiger partial charge in [-0.1, -0.05) is 0 Å². The monoisotopic (exact) mass is 306 g/mol. The SMILES string of the molecule is C[C@H]1CN(C(=O)Cc2csc(-c3ncn[nH]3)n2)C[C@H](C)N1. The third kappa shape index (κ3) is 3.27. The fourth-order valence-corrected chi connectivity index (χ4v) is 3.37. The third-order valence-electron chi connectivity index (χ3n) is 3.41. The number of hydrogen-bond acceptors (Lipinski definition) is 6. The number of nitrogens with zero attached hydrogens (tertiary/aromatic N) is 4. The van der Waals surface area contributed by atoms with Crippen LogP contribution < -0.4 is 5.32 Å². The number of aromatic nitrogens is 4. The van der Waals surface area contributed by atoms with Gasteiger partial charge in [0.15, 0.2) is 10.8 Å². The summed E-state index contributed by atoms with van der Waals surface area (Å²) in [6.45, 7) is 5.70. The summed E-state index contributed by atoms with van der Waals surface area (Å²) in [5, 5.41) is 12.7. The first-order valence-corrected chi connectivity index (χ1v) is 7.83. The zero-order valence-corrected chi connectivity index (χ0v) is 12.9. The Hall–Kier alpha value is -1.80. The Morgan fingerprint density at radius 1 is 1.43 bits per heavy atom. The van der Waals surface area contributed by atoms with Gasteiger partial charge in [-0.2, -0.15) is 5.10 Å². The molecule has 8 heteroatoms. The molecule has 112 valence electrons. The van der Waals surface area contributed by atoms with E-state index in [-0.39, 0.29) is 5.91 Å². The van der Waals surface area contributed by atoms with Crippen molar-refractivity contribution in [1.82, 2.24) is 30.4 Å². The smallest absolute Gasteiger partial charge is 0.228 e. The molecule has 1 aliphatic heterocycles. The van der Waals surface area contributed by atoms with Crippen molar-refractivity contribution in [2.75, 3.05) is 13.1 Å². The molecule has 0 spiro atoms. The van der Waals surface area contributed by atoms with E-state index in [2.05, 4.69) is 39.3 Å². The second-order valence-electron chi connectivity index (χ2n) is 5.42. The number of carbonyl (C=O) groups is 1. The van der Waals surface area contributed by atoms with Gasteiger partial charge in [0.25, 0.3) is 0 Å². The van der Waals surface area contributed by atoms with Crippen molar-refractivity contribution >= 4 is 17.2 Å². The molecule has 0 radical (unpaired) electrons. The van der Waals surface area contributed by atoms with Gasteiger partial charge < -0.3 is 10.2 Å². The number of H-pyrrole nitrogens is 1. The maximum absolute atomic E-state index is 12.4. The lowest BCUT2D eigenvalue weighted by molar-refractivity contribution is -0.132. The van der Waals surface area contributed by atoms with Crippen LogP contribution in [0.15, 0.2) is 11.7 Å². The molecule has 2 N–H and O–H groups in total. The lowest BCUT2D eigenvalue weighted by Crippen LogP contribution is -2.56. The highest BCUT2D eigenvalue weighted by Gasteiger charge is 2.25. The van der Waals surface area contributed by atoms with Crippen LogP contribution in [-0.4, -0.2) is 56.1 Å². The second-order valence-corrected chi connectivity index (χ2v) is 6.28. The molecule has 0 saturated carbocycles. The van der Waals surface area contributed by atoms with Gasteiger partial charge in [0, 0.05) is 30.6 Å². The number of amides is 1. The largest absolute Gasteiger partial charge is 0.339 e. The van der Waals surface area contributed by atoms with E-state index in [1.54, 1.807) is 0 Å². The number of thiazole rings is 1. The number of nitrogens with one attached hydrogen (secondary N) is 2. The summed E-state index contributed by atoms with van der Waals surface area (Å²) >= 11 is 1.47. The maximum atomic E-state index is 12.4. The van der Waals surface area contributed by atoms with Gasteiger partial charge in [0.1, 0.15) is 6.33 Å². The molecule has 0 unspecified atom stereocenters. The first-order chi connectivity index (χ1) is 10.1. The standard InChI is InChI=1S/C13H18N6OS/c1-8-4-19(5-9(2)16-8)11(20)3-10-6-21-13(17-10)12-14-7-15-18-12/h6-9,16H,3-5H2,1-2H3,(H,14,15,18)/t8-,9-/m0/s1. The van der Waals surface area contributed by atoms with E-state index in [4.69, 9.17) is 0 Å². The highest BCUT2D eigenvalue weighted by atomic mass is 32.1. The van der Waals surface area contributed by atoms with Crippen molar-refractivity contribution in [3.63, 3.8) is 0 Å². The van der Waals surface area contributed by atoms with Crippen LogP contribution in [0.4, 0.5) is 0 Å². The topological polar surface area (TPSA) is 86.8 Å². The van der Waals surface area contributed by atoms with Crippen LogP contribution in [0, 0.1) is 0 Å². The van der Waals surface area contributed by atoms with E-state index in [0.717, 1.165) is 23.8 Å². The van der Waals surface area contributed by atoms with Crippen LogP contribution in [-0.2, 0) is 11.2 Å². The predicted molar refractivity (Wildman–Crippen MR) is 79.8 cm³/mol. The number of rotatable bonds is 3. The van der Waals surface area contributed by atoms with Crippen LogP contribution in [0.1, 0.15) is 19.5 Å². The molecule has 2 aromatic rings. The minimum atomic E-state index is 0.129. The van der Waals surface area contributed by atoms with Crippen LogP contribution in [0.5, 0.6) is 0 Å². The lowest BCUT2D eigenvalue weighted by Gasteiger charge is -2.36. The number of carbonyl (C=O) groups excluding carboxylic acids is 1. The summed E-state index contributed by atoms with van der Waals surface area (Å²) in [6.07, 6.45) is 1.79. The molecule has 0 aromatic carbocycles. The average molecular weight is 306 g/mol. The fourth-order valence-electron chi connectivity index (χ4n) is 2.60. The Balaban J connectivity index is 1.65. The quantitative estimate of drug-likeness (QED) is 0.871. The van der Waals surface area contributed by atoms with Crippen molar-refractivity contribution in [2.45, 2.75) is 32.4 Å². The molecule has 0 aliphatic carbocycles. The normalized spacial score (nSPS) is 22.5. The molecule has 1 fully saturated rings. The summed E-state index contributed by atoms with van der Waals surface area (Å²) in [4.78, 5) is 22.8. The lowest BCUT2D eigenvalue weighted by atomic mass is 10.1. The highest BCUT2D eigenvalue weighted by Crippen LogP contribution is 2.20. The van der Waals surface area contributed by atoms with E-state index in [0.29, 0.717) is 24.3 Å². The van der Waals surface area contributed by atoms with E-state index in [1.165, 1.54) is 17.7 Å². The Bertz CT molecular complexity index is 600. The van der Waals surface area contributed by atoms with Crippen molar-refractivity contribution in [3.05, 3.63) is 17.4 Å². The Morgan fingerprint density at radius 2 is 2.19 bits per heavy atom. The van der Waals surface area contributed by atoms with Crippen molar-refractivity contribution in [1.29, 1.82) is 0 Å². The molecular formula is C13H18N6OS. The van der Waals surface area contributed by atoms with Crippen LogP contribution in [0.3, 0.4) is 0 Å². The van der Waals surface area contributed by atoms with E-state index in [1.807, 2.05) is 10.3 Å². The minimum absolute atomic E-state index is 0.129. The summed E-state index contributed by atoms with van der Waals surface area (Å²) in [6, 6.07) is 0.663. The Kier molecular flexibility index (Phi) is 3.98. The molecule has 7 nitrogen and oxygen atoms in total. The first-order valence-electron chi connectivity index (χ1n) is 6.96. The molecule has 1 saturated heterocycles. The van der Waals surface area contributed by atoms with Gasteiger partial charge in [-0.15, -0.1) is 11.3 Å². The molecule has 2 aromatic heterocycles. The van der Waals surface area contributed by atoms with Crippen LogP contribution in [0.2, 0.25) is 0 Å². The fraction of sp³-hybridized carbons (Fsp3) is 0.538. The van der Waals surface area contributed by atoms with Crippen LogP contribution in [0.25, 0.3) is 10.8 Å². The Morgan fingerprint density at radius 3 is 2.86 bits per heavy atom. The van der Waals surface area contributed by atoms with Gasteiger partial charge in [0.2, 0.25) is 5.91 Å². The zero-order chi connectivity index (χ0) is 14.8. The zero-order valence-electron chi connectivity index (χ0n) is 12.0. The van der Waals surface area contributed by atoms with Gasteiger partial charge >= 0.3 is 0 Å². The molecule has 3 heterocycles. The number of aromatic amines is 1. The predicted octanol–water partition coefficient (Wildman–Crippen LogP) is 0.679. The first kappa shape index (κ1) is 14.2. The third-order valence-corrected chi connectivity index (χ3v) is 4.31. The van der Waals surface area contributed by atoms with E-state index >= 15 is 0 Å². The van der Waals surface area contributed by atoms with Crippen molar-refractivity contribution < 1.29 is 4.79 Å². The summed E-state index contributed by atoms with van der Waals surface area (Å²) < 4.78 is 0. The van der Waals surface area contributed by atoms with Crippen molar-refractivity contribution in [3.8, 4) is 10.8 Å². The molecule has 21 heavy (non-hydrogen) atoms. The molecular weight excluding hydrogens is 288 g/mol. The van der Waals surface area contributed by atoms with Gasteiger partial charge in [0.05, 0.1) is 12.1 Å². The van der Waals surface area contributed by atoms with Gasteiger partial charge in [-0.3, -0.25) is 9.89 Å². The van der Waals surface area contributed by atoms with Crippen molar-refractivity contribution in [2.24, 2.45) is 0 Å². The van der Waals surface area contributed by atoms with Crippen LogP contribution >= 0.6 is 11.3 Å². The second kappa shape index (κ2) is 5.90. The van der Waals surface area contributed by atoms with E-state index in [9.17, 15) is 4.79 Å². The molecule has 2 atom stereocenters. The Labute approximate surface area is 126 Å². The molecule has 3 rings (SSSR count). The average Bonchev–Trinajstić information content (AvgIpc) is 3.07. The van der Waals surface area contributed by atoms with E-state index < -0.39 is 0 Å². The molecule has 0 bridgehead atoms. The molecule has 1 amide bonds. The maximum Gasteiger partial charge on any atom is 0.228 e.